The van der Waals surface area contributed by atoms with Gasteiger partial charge in [-0.1, -0.05) is 0 Å². The Morgan fingerprint density at radius 3 is 2.32 bits per heavy atom. The maximum atomic E-state index is 12.1. The number of aromatic nitrogens is 1. The first-order valence-electron chi connectivity index (χ1n) is 10.3. The third kappa shape index (κ3) is 3.75. The summed E-state index contributed by atoms with van der Waals surface area (Å²) in [5.41, 5.74) is 0.865. The number of piperidine rings is 1. The Hall–Kier alpha value is -1.70. The van der Waals surface area contributed by atoms with Gasteiger partial charge in [0.15, 0.2) is 5.79 Å². The minimum atomic E-state index is -0.912. The minimum absolute atomic E-state index is 0.119. The highest BCUT2D eigenvalue weighted by molar-refractivity contribution is 5.78. The van der Waals surface area contributed by atoms with Gasteiger partial charge in [-0.15, -0.1) is 0 Å². The van der Waals surface area contributed by atoms with Gasteiger partial charge >= 0.3 is 0 Å². The fraction of sp³-hybridized carbons (Fsp3) is 0.714. The van der Waals surface area contributed by atoms with Crippen LogP contribution in [0.2, 0.25) is 0 Å². The average Bonchev–Trinajstić information content (AvgIpc) is 3.19. The number of nitrogens with zero attached hydrogens (tertiary/aromatic N) is 3. The van der Waals surface area contributed by atoms with Crippen LogP contribution in [0.5, 0.6) is 0 Å². The molecule has 2 saturated heterocycles. The number of ether oxygens (including phenoxy) is 2. The zero-order valence-corrected chi connectivity index (χ0v) is 16.9. The highest BCUT2D eigenvalue weighted by Gasteiger charge is 2.46. The van der Waals surface area contributed by atoms with Crippen molar-refractivity contribution < 1.29 is 19.4 Å². The summed E-state index contributed by atoms with van der Waals surface area (Å²) in [4.78, 5) is 20.7. The molecule has 0 bridgehead atoms. The normalized spacial score (nSPS) is 24.5. The first-order valence-corrected chi connectivity index (χ1v) is 10.3. The lowest BCUT2D eigenvalue weighted by molar-refractivity contribution is -0.204. The van der Waals surface area contributed by atoms with Crippen LogP contribution in [-0.2, 0) is 19.9 Å². The number of amides is 1. The molecule has 28 heavy (non-hydrogen) atoms. The van der Waals surface area contributed by atoms with E-state index in [1.165, 1.54) is 0 Å². The van der Waals surface area contributed by atoms with Crippen LogP contribution in [0.25, 0.3) is 0 Å². The first kappa shape index (κ1) is 19.6. The first-order chi connectivity index (χ1) is 13.4. The monoisotopic (exact) mass is 389 g/mol. The smallest absolute Gasteiger partial charge is 0.225 e. The van der Waals surface area contributed by atoms with Gasteiger partial charge in [0.1, 0.15) is 5.60 Å². The van der Waals surface area contributed by atoms with E-state index in [0.717, 1.165) is 37.3 Å². The molecule has 0 aromatic carbocycles. The highest BCUT2D eigenvalue weighted by Crippen LogP contribution is 2.44. The molecule has 0 radical (unpaired) electrons. The molecule has 154 valence electrons. The Bertz CT molecular complexity index is 682. The fourth-order valence-corrected chi connectivity index (χ4v) is 4.68. The standard InChI is InChI=1S/C21H31N3O4/c1-23(2)19(25)16-5-11-24(12-6-16)17-3-4-18(22-15-17)20(26)7-9-21(10-8-20)27-13-14-28-21/h3-4,15-16,26H,5-14H2,1-2H3. The van der Waals surface area contributed by atoms with Crippen LogP contribution >= 0.6 is 0 Å². The summed E-state index contributed by atoms with van der Waals surface area (Å²) < 4.78 is 11.5. The maximum Gasteiger partial charge on any atom is 0.225 e. The Morgan fingerprint density at radius 1 is 1.14 bits per heavy atom. The molecule has 1 spiro atoms. The largest absolute Gasteiger partial charge is 0.384 e. The van der Waals surface area contributed by atoms with E-state index in [2.05, 4.69) is 9.88 Å². The molecular formula is C21H31N3O4. The Kier molecular flexibility index (Phi) is 5.33. The molecule has 1 aliphatic carbocycles. The van der Waals surface area contributed by atoms with Crippen molar-refractivity contribution in [3.05, 3.63) is 24.0 Å². The summed E-state index contributed by atoms with van der Waals surface area (Å²) in [6.07, 6.45) is 6.17. The quantitative estimate of drug-likeness (QED) is 0.851. The van der Waals surface area contributed by atoms with E-state index >= 15 is 0 Å². The second-order valence-electron chi connectivity index (χ2n) is 8.53. The van der Waals surface area contributed by atoms with E-state index in [-0.39, 0.29) is 11.8 Å². The molecule has 3 aliphatic rings. The zero-order valence-electron chi connectivity index (χ0n) is 16.9. The van der Waals surface area contributed by atoms with Crippen molar-refractivity contribution in [1.29, 1.82) is 0 Å². The molecule has 1 N–H and O–H groups in total. The van der Waals surface area contributed by atoms with Crippen LogP contribution < -0.4 is 4.90 Å². The van der Waals surface area contributed by atoms with Gasteiger partial charge in [-0.2, -0.15) is 0 Å². The summed E-state index contributed by atoms with van der Waals surface area (Å²) in [7, 11) is 3.64. The van der Waals surface area contributed by atoms with E-state index in [9.17, 15) is 9.90 Å². The molecule has 0 unspecified atom stereocenters. The number of hydrogen-bond acceptors (Lipinski definition) is 6. The van der Waals surface area contributed by atoms with Crippen LogP contribution in [0.15, 0.2) is 18.3 Å². The van der Waals surface area contributed by atoms with Gasteiger partial charge in [-0.25, -0.2) is 0 Å². The van der Waals surface area contributed by atoms with Crippen molar-refractivity contribution in [2.24, 2.45) is 5.92 Å². The molecule has 1 saturated carbocycles. The lowest BCUT2D eigenvalue weighted by Gasteiger charge is -2.40. The topological polar surface area (TPSA) is 75.1 Å². The van der Waals surface area contributed by atoms with Crippen LogP contribution in [0.3, 0.4) is 0 Å². The molecule has 1 amide bonds. The molecule has 0 atom stereocenters. The van der Waals surface area contributed by atoms with Gasteiger partial charge in [0.05, 0.1) is 30.8 Å². The average molecular weight is 389 g/mol. The number of aliphatic hydroxyl groups is 1. The van der Waals surface area contributed by atoms with Gasteiger partial charge in [-0.3, -0.25) is 9.78 Å². The van der Waals surface area contributed by atoms with E-state index in [1.807, 2.05) is 32.4 Å². The molecule has 2 aliphatic heterocycles. The third-order valence-corrected chi connectivity index (χ3v) is 6.53. The summed E-state index contributed by atoms with van der Waals surface area (Å²) in [6.45, 7) is 2.99. The maximum absolute atomic E-state index is 12.1. The molecule has 1 aromatic rings. The van der Waals surface area contributed by atoms with Gasteiger partial charge < -0.3 is 24.4 Å². The summed E-state index contributed by atoms with van der Waals surface area (Å²) in [5, 5.41) is 11.1. The predicted molar refractivity (Wildman–Crippen MR) is 105 cm³/mol. The number of hydrogen-bond donors (Lipinski definition) is 1. The van der Waals surface area contributed by atoms with Crippen LogP contribution in [-0.4, -0.2) is 67.1 Å². The van der Waals surface area contributed by atoms with Crippen LogP contribution in [0.1, 0.15) is 44.2 Å². The number of pyridine rings is 1. The van der Waals surface area contributed by atoms with Crippen LogP contribution in [0, 0.1) is 5.92 Å². The van der Waals surface area contributed by atoms with Crippen LogP contribution in [0.4, 0.5) is 5.69 Å². The van der Waals surface area contributed by atoms with Crippen molar-refractivity contribution in [3.8, 4) is 0 Å². The number of anilines is 1. The number of carbonyl (C=O) groups excluding carboxylic acids is 1. The molecule has 7 nitrogen and oxygen atoms in total. The second kappa shape index (κ2) is 7.61. The van der Waals surface area contributed by atoms with Gasteiger partial charge in [0.2, 0.25) is 5.91 Å². The Morgan fingerprint density at radius 2 is 1.79 bits per heavy atom. The van der Waals surface area contributed by atoms with Crippen molar-refractivity contribution in [2.75, 3.05) is 45.3 Å². The highest BCUT2D eigenvalue weighted by atomic mass is 16.7. The van der Waals surface area contributed by atoms with Crippen molar-refractivity contribution in [2.45, 2.75) is 49.9 Å². The van der Waals surface area contributed by atoms with Crippen molar-refractivity contribution >= 4 is 11.6 Å². The van der Waals surface area contributed by atoms with Gasteiger partial charge in [0.25, 0.3) is 0 Å². The lowest BCUT2D eigenvalue weighted by atomic mass is 9.79. The van der Waals surface area contributed by atoms with Gasteiger partial charge in [-0.05, 0) is 37.8 Å². The SMILES string of the molecule is CN(C)C(=O)C1CCN(c2ccc(C3(O)CCC4(CC3)OCCO4)nc2)CC1. The van der Waals surface area contributed by atoms with E-state index in [1.54, 1.807) is 4.90 Å². The number of carbonyl (C=O) groups is 1. The fourth-order valence-electron chi connectivity index (χ4n) is 4.68. The molecule has 3 fully saturated rings. The minimum Gasteiger partial charge on any atom is -0.384 e. The summed E-state index contributed by atoms with van der Waals surface area (Å²) >= 11 is 0. The van der Waals surface area contributed by atoms with Crippen molar-refractivity contribution in [1.82, 2.24) is 9.88 Å². The third-order valence-electron chi connectivity index (χ3n) is 6.53. The molecule has 1 aromatic heterocycles. The Labute approximate surface area is 166 Å². The molecule has 3 heterocycles. The molecule has 4 rings (SSSR count). The zero-order chi connectivity index (χ0) is 19.8. The molecular weight excluding hydrogens is 358 g/mol. The number of rotatable bonds is 3. The summed E-state index contributed by atoms with van der Waals surface area (Å²) in [6, 6.07) is 3.99. The van der Waals surface area contributed by atoms with E-state index in [0.29, 0.717) is 38.9 Å². The lowest BCUT2D eigenvalue weighted by Crippen LogP contribution is -2.42. The molecule has 7 heteroatoms. The van der Waals surface area contributed by atoms with E-state index in [4.69, 9.17) is 9.47 Å². The Balaban J connectivity index is 1.36. The van der Waals surface area contributed by atoms with Crippen molar-refractivity contribution in [3.63, 3.8) is 0 Å². The predicted octanol–water partition coefficient (Wildman–Crippen LogP) is 1.89. The van der Waals surface area contributed by atoms with Gasteiger partial charge in [0, 0.05) is 45.9 Å². The second-order valence-corrected chi connectivity index (χ2v) is 8.53. The van der Waals surface area contributed by atoms with E-state index < -0.39 is 11.4 Å². The summed E-state index contributed by atoms with van der Waals surface area (Å²) in [5.74, 6) is -0.144.